The fraction of sp³-hybridized carbons (Fsp3) is 0.500. The van der Waals surface area contributed by atoms with E-state index in [1.54, 1.807) is 58.9 Å². The minimum Gasteiger partial charge on any atom is -0.442 e. The second kappa shape index (κ2) is 10.7. The highest BCUT2D eigenvalue weighted by molar-refractivity contribution is 6.41. The van der Waals surface area contributed by atoms with Crippen LogP contribution >= 0.6 is 0 Å². The monoisotopic (exact) mass is 406 g/mol. The van der Waals surface area contributed by atoms with Gasteiger partial charge in [0.2, 0.25) is 5.91 Å². The van der Waals surface area contributed by atoms with E-state index in [0.29, 0.717) is 5.69 Å². The minimum absolute atomic E-state index is 0.00922. The van der Waals surface area contributed by atoms with E-state index in [1.807, 2.05) is 0 Å². The summed E-state index contributed by atoms with van der Waals surface area (Å²) in [5.41, 5.74) is 0.679. The summed E-state index contributed by atoms with van der Waals surface area (Å²) in [5, 5.41) is 5.25. The average molecular weight is 406 g/mol. The molecule has 1 atom stereocenters. The number of carbonyl (C=O) groups is 3. The first-order valence-electron chi connectivity index (χ1n) is 9.27. The van der Waals surface area contributed by atoms with E-state index in [1.165, 1.54) is 6.92 Å². The van der Waals surface area contributed by atoms with Crippen molar-refractivity contribution in [3.8, 4) is 0 Å². The topological polar surface area (TPSA) is 132 Å². The van der Waals surface area contributed by atoms with E-state index in [-0.39, 0.29) is 18.2 Å². The van der Waals surface area contributed by atoms with Gasteiger partial charge in [0.1, 0.15) is 17.4 Å². The van der Waals surface area contributed by atoms with E-state index in [4.69, 9.17) is 10.6 Å². The molecule has 9 nitrogen and oxygen atoms in total. The summed E-state index contributed by atoms with van der Waals surface area (Å²) < 4.78 is 5.12. The first kappa shape index (κ1) is 24.3. The first-order chi connectivity index (χ1) is 13.4. The largest absolute Gasteiger partial charge is 0.442 e. The van der Waals surface area contributed by atoms with E-state index < -0.39 is 29.6 Å². The molecule has 3 amide bonds. The zero-order chi connectivity index (χ0) is 22.2. The highest BCUT2D eigenvalue weighted by atomic mass is 16.6. The number of hydrogen-bond acceptors (Lipinski definition) is 6. The summed E-state index contributed by atoms with van der Waals surface area (Å²) in [6.07, 6.45) is -0.852. The molecule has 160 valence electrons. The van der Waals surface area contributed by atoms with Crippen LogP contribution in [-0.2, 0) is 25.8 Å². The van der Waals surface area contributed by atoms with E-state index in [9.17, 15) is 14.4 Å². The standard InChI is InChI=1S/C20H30N4O5/c1-12(2)16(24-19(27)29-20(4,5)6)18(26)22-13(3)17(25)23-15-9-7-14(8-10-15)11-28-21/h7-10,12-13H,11,21H2,1-6H3,(H,22,26)(H,23,25)/b24-16+. The van der Waals surface area contributed by atoms with Crippen LogP contribution in [0.15, 0.2) is 29.3 Å². The van der Waals surface area contributed by atoms with Crippen LogP contribution in [0.4, 0.5) is 10.5 Å². The zero-order valence-electron chi connectivity index (χ0n) is 17.7. The Kier molecular flexibility index (Phi) is 8.93. The number of anilines is 1. The fourth-order valence-corrected chi connectivity index (χ4v) is 2.19. The molecule has 0 aliphatic carbocycles. The van der Waals surface area contributed by atoms with Crippen LogP contribution in [0.5, 0.6) is 0 Å². The van der Waals surface area contributed by atoms with Crippen LogP contribution in [0.3, 0.4) is 0 Å². The van der Waals surface area contributed by atoms with E-state index >= 15 is 0 Å². The van der Waals surface area contributed by atoms with Gasteiger partial charge in [-0.3, -0.25) is 14.4 Å². The average Bonchev–Trinajstić information content (AvgIpc) is 2.59. The van der Waals surface area contributed by atoms with E-state index in [0.717, 1.165) is 5.56 Å². The van der Waals surface area contributed by atoms with Crippen molar-refractivity contribution in [3.63, 3.8) is 0 Å². The van der Waals surface area contributed by atoms with Crippen LogP contribution < -0.4 is 16.5 Å². The van der Waals surface area contributed by atoms with Crippen LogP contribution in [-0.4, -0.2) is 35.3 Å². The number of aliphatic imine (C=N–C) groups is 1. The molecule has 0 saturated carbocycles. The second-order valence-corrected chi connectivity index (χ2v) is 7.82. The maximum absolute atomic E-state index is 12.5. The van der Waals surface area contributed by atoms with Crippen molar-refractivity contribution >= 4 is 29.3 Å². The number of carbonyl (C=O) groups excluding carboxylic acids is 3. The van der Waals surface area contributed by atoms with Crippen molar-refractivity contribution in [2.24, 2.45) is 16.8 Å². The number of nitrogens with zero attached hydrogens (tertiary/aromatic N) is 1. The van der Waals surface area contributed by atoms with Gasteiger partial charge in [0, 0.05) is 11.6 Å². The smallest absolute Gasteiger partial charge is 0.434 e. The molecule has 0 aliphatic rings. The molecule has 4 N–H and O–H groups in total. The summed E-state index contributed by atoms with van der Waals surface area (Å²) in [5.74, 6) is 3.66. The molecular weight excluding hydrogens is 376 g/mol. The van der Waals surface area contributed by atoms with Gasteiger partial charge in [-0.15, -0.1) is 0 Å². The minimum atomic E-state index is -0.852. The van der Waals surface area contributed by atoms with Gasteiger partial charge in [-0.25, -0.2) is 10.7 Å². The van der Waals surface area contributed by atoms with Crippen molar-refractivity contribution in [2.45, 2.75) is 59.8 Å². The number of nitrogens with one attached hydrogen (secondary N) is 2. The Balaban J connectivity index is 2.76. The van der Waals surface area contributed by atoms with Crippen molar-refractivity contribution in [3.05, 3.63) is 29.8 Å². The highest BCUT2D eigenvalue weighted by Crippen LogP contribution is 2.11. The third-order valence-electron chi connectivity index (χ3n) is 3.60. The Morgan fingerprint density at radius 1 is 1.10 bits per heavy atom. The molecule has 1 rings (SSSR count). The van der Waals surface area contributed by atoms with Crippen molar-refractivity contribution in [1.29, 1.82) is 0 Å². The molecule has 1 aromatic carbocycles. The molecule has 0 spiro atoms. The van der Waals surface area contributed by atoms with Gasteiger partial charge in [-0.2, -0.15) is 4.99 Å². The molecule has 1 unspecified atom stereocenters. The third kappa shape index (κ3) is 8.84. The lowest BCUT2D eigenvalue weighted by Gasteiger charge is -2.19. The number of amides is 3. The van der Waals surface area contributed by atoms with Gasteiger partial charge in [-0.1, -0.05) is 26.0 Å². The van der Waals surface area contributed by atoms with Gasteiger partial charge < -0.3 is 15.4 Å². The summed E-state index contributed by atoms with van der Waals surface area (Å²) >= 11 is 0. The van der Waals surface area contributed by atoms with Crippen molar-refractivity contribution < 1.29 is 24.0 Å². The molecule has 29 heavy (non-hydrogen) atoms. The molecular formula is C20H30N4O5. The normalized spacial score (nSPS) is 13.0. The van der Waals surface area contributed by atoms with Crippen LogP contribution in [0, 0.1) is 5.92 Å². The summed E-state index contributed by atoms with van der Waals surface area (Å²) in [4.78, 5) is 45.1. The van der Waals surface area contributed by atoms with Crippen molar-refractivity contribution in [2.75, 3.05) is 5.32 Å². The fourth-order valence-electron chi connectivity index (χ4n) is 2.19. The number of nitrogens with two attached hydrogens (primary N) is 1. The Hall–Kier alpha value is -2.78. The van der Waals surface area contributed by atoms with Gasteiger partial charge >= 0.3 is 6.09 Å². The quantitative estimate of drug-likeness (QED) is 0.471. The summed E-state index contributed by atoms with van der Waals surface area (Å²) in [7, 11) is 0. The number of benzene rings is 1. The van der Waals surface area contributed by atoms with Gasteiger partial charge in [0.25, 0.3) is 5.91 Å². The van der Waals surface area contributed by atoms with Crippen molar-refractivity contribution in [1.82, 2.24) is 5.32 Å². The predicted octanol–water partition coefficient (Wildman–Crippen LogP) is 2.55. The molecule has 0 fully saturated rings. The first-order valence-corrected chi connectivity index (χ1v) is 9.27. The lowest BCUT2D eigenvalue weighted by Crippen LogP contribution is -2.45. The van der Waals surface area contributed by atoms with Gasteiger partial charge in [0.05, 0.1) is 6.61 Å². The lowest BCUT2D eigenvalue weighted by molar-refractivity contribution is -0.122. The third-order valence-corrected chi connectivity index (χ3v) is 3.60. The molecule has 0 bridgehead atoms. The van der Waals surface area contributed by atoms with Crippen LogP contribution in [0.25, 0.3) is 0 Å². The van der Waals surface area contributed by atoms with Gasteiger partial charge in [0.15, 0.2) is 0 Å². The molecule has 0 aliphatic heterocycles. The summed E-state index contributed by atoms with van der Waals surface area (Å²) in [6, 6.07) is 6.07. The molecule has 0 heterocycles. The highest BCUT2D eigenvalue weighted by Gasteiger charge is 2.24. The molecule has 0 saturated heterocycles. The van der Waals surface area contributed by atoms with E-state index in [2.05, 4.69) is 20.5 Å². The Morgan fingerprint density at radius 3 is 2.17 bits per heavy atom. The second-order valence-electron chi connectivity index (χ2n) is 7.82. The number of ether oxygens (including phenoxy) is 1. The van der Waals surface area contributed by atoms with Crippen LogP contribution in [0.2, 0.25) is 0 Å². The maximum atomic E-state index is 12.5. The predicted molar refractivity (Wildman–Crippen MR) is 110 cm³/mol. The Labute approximate surface area is 171 Å². The Morgan fingerprint density at radius 2 is 1.69 bits per heavy atom. The van der Waals surface area contributed by atoms with Gasteiger partial charge in [-0.05, 0) is 45.4 Å². The number of hydrogen-bond donors (Lipinski definition) is 3. The Bertz CT molecular complexity index is 751. The molecule has 0 radical (unpaired) electrons. The molecule has 9 heteroatoms. The maximum Gasteiger partial charge on any atom is 0.434 e. The zero-order valence-corrected chi connectivity index (χ0v) is 17.7. The number of rotatable bonds is 7. The lowest BCUT2D eigenvalue weighted by atomic mass is 10.1. The molecule has 0 aromatic heterocycles. The van der Waals surface area contributed by atoms with Crippen LogP contribution in [0.1, 0.15) is 47.1 Å². The molecule has 1 aromatic rings. The SMILES string of the molecule is CC(NC(=O)/C(=N/C(=O)OC(C)(C)C)C(C)C)C(=O)Nc1ccc(CON)cc1. The summed E-state index contributed by atoms with van der Waals surface area (Å²) in [6.45, 7) is 10.4.